The van der Waals surface area contributed by atoms with Crippen molar-refractivity contribution in [3.63, 3.8) is 0 Å². The SMILES string of the molecule is CCCCCCCCC/C=C\CCCCCCCC(=O)NC(COP(=O)(O)OCCN)C(O)/C=C/CCCCCCCCCCCCCCCC. The smallest absolute Gasteiger partial charge is 0.387 e. The van der Waals surface area contributed by atoms with Gasteiger partial charge in [0.2, 0.25) is 5.91 Å². The molecular formula is C42H83N2O6P. The van der Waals surface area contributed by atoms with E-state index in [2.05, 4.69) is 31.3 Å². The average molecular weight is 743 g/mol. The van der Waals surface area contributed by atoms with Crippen LogP contribution in [-0.2, 0) is 18.4 Å². The van der Waals surface area contributed by atoms with Crippen LogP contribution in [-0.4, -0.2) is 47.8 Å². The third kappa shape index (κ3) is 37.1. The summed E-state index contributed by atoms with van der Waals surface area (Å²) in [5, 5.41) is 13.7. The van der Waals surface area contributed by atoms with E-state index in [1.165, 1.54) is 135 Å². The molecule has 9 heteroatoms. The van der Waals surface area contributed by atoms with E-state index < -0.39 is 20.0 Å². The highest BCUT2D eigenvalue weighted by molar-refractivity contribution is 7.47. The second-order valence-corrected chi connectivity index (χ2v) is 16.0. The van der Waals surface area contributed by atoms with Gasteiger partial charge in [0, 0.05) is 13.0 Å². The first-order valence-electron chi connectivity index (χ1n) is 21.5. The highest BCUT2D eigenvalue weighted by Gasteiger charge is 2.26. The minimum atomic E-state index is -4.34. The van der Waals surface area contributed by atoms with Gasteiger partial charge >= 0.3 is 7.82 Å². The quantitative estimate of drug-likeness (QED) is 0.0279. The Hall–Kier alpha value is -1.02. The van der Waals surface area contributed by atoms with Gasteiger partial charge in [-0.2, -0.15) is 0 Å². The zero-order chi connectivity index (χ0) is 37.5. The molecule has 0 bridgehead atoms. The van der Waals surface area contributed by atoms with Crippen LogP contribution in [0.25, 0.3) is 0 Å². The van der Waals surface area contributed by atoms with Crippen molar-refractivity contribution in [1.29, 1.82) is 0 Å². The number of aliphatic hydroxyl groups excluding tert-OH is 1. The van der Waals surface area contributed by atoms with E-state index in [1.807, 2.05) is 6.08 Å². The van der Waals surface area contributed by atoms with E-state index in [1.54, 1.807) is 6.08 Å². The fraction of sp³-hybridized carbons (Fsp3) is 0.881. The van der Waals surface area contributed by atoms with Crippen molar-refractivity contribution in [3.8, 4) is 0 Å². The number of carbonyl (C=O) groups excluding carboxylic acids is 1. The molecule has 0 aliphatic rings. The first-order chi connectivity index (χ1) is 24.9. The molecule has 0 spiro atoms. The fourth-order valence-electron chi connectivity index (χ4n) is 6.24. The number of allylic oxidation sites excluding steroid dienone is 3. The van der Waals surface area contributed by atoms with Crippen LogP contribution in [0.5, 0.6) is 0 Å². The van der Waals surface area contributed by atoms with Crippen molar-refractivity contribution >= 4 is 13.7 Å². The van der Waals surface area contributed by atoms with Crippen molar-refractivity contribution in [1.82, 2.24) is 5.32 Å². The summed E-state index contributed by atoms with van der Waals surface area (Å²) in [7, 11) is -4.34. The van der Waals surface area contributed by atoms with Gasteiger partial charge in [0.1, 0.15) is 0 Å². The number of unbranched alkanes of at least 4 members (excludes halogenated alkanes) is 26. The molecule has 8 nitrogen and oxygen atoms in total. The lowest BCUT2D eigenvalue weighted by molar-refractivity contribution is -0.123. The predicted octanol–water partition coefficient (Wildman–Crippen LogP) is 11.8. The molecule has 3 unspecified atom stereocenters. The predicted molar refractivity (Wildman–Crippen MR) is 217 cm³/mol. The van der Waals surface area contributed by atoms with Gasteiger partial charge in [0.25, 0.3) is 0 Å². The Morgan fingerprint density at radius 3 is 1.45 bits per heavy atom. The van der Waals surface area contributed by atoms with Crippen LogP contribution in [0, 0.1) is 0 Å². The third-order valence-electron chi connectivity index (χ3n) is 9.52. The van der Waals surface area contributed by atoms with Crippen molar-refractivity contribution in [3.05, 3.63) is 24.3 Å². The largest absolute Gasteiger partial charge is 0.472 e. The molecule has 0 saturated carbocycles. The summed E-state index contributed by atoms with van der Waals surface area (Å²) in [4.78, 5) is 22.7. The van der Waals surface area contributed by atoms with Gasteiger partial charge in [0.15, 0.2) is 0 Å². The summed E-state index contributed by atoms with van der Waals surface area (Å²) in [6.07, 6.45) is 43.6. The molecule has 302 valence electrons. The van der Waals surface area contributed by atoms with Crippen LogP contribution in [0.1, 0.15) is 206 Å². The van der Waals surface area contributed by atoms with Gasteiger partial charge in [-0.25, -0.2) is 4.57 Å². The van der Waals surface area contributed by atoms with Gasteiger partial charge in [-0.1, -0.05) is 179 Å². The van der Waals surface area contributed by atoms with E-state index in [0.717, 1.165) is 51.4 Å². The minimum absolute atomic E-state index is 0.0781. The second kappa shape index (κ2) is 38.7. The third-order valence-corrected chi connectivity index (χ3v) is 10.5. The molecule has 0 fully saturated rings. The number of amides is 1. The Kier molecular flexibility index (Phi) is 37.9. The van der Waals surface area contributed by atoms with E-state index in [0.29, 0.717) is 6.42 Å². The van der Waals surface area contributed by atoms with Crippen LogP contribution < -0.4 is 11.1 Å². The molecule has 0 radical (unpaired) electrons. The Morgan fingerprint density at radius 2 is 1.02 bits per heavy atom. The lowest BCUT2D eigenvalue weighted by Gasteiger charge is -2.23. The van der Waals surface area contributed by atoms with Crippen LogP contribution in [0.15, 0.2) is 24.3 Å². The topological polar surface area (TPSA) is 131 Å². The van der Waals surface area contributed by atoms with Crippen LogP contribution in [0.2, 0.25) is 0 Å². The average Bonchev–Trinajstić information content (AvgIpc) is 3.12. The first-order valence-corrected chi connectivity index (χ1v) is 23.0. The number of nitrogens with one attached hydrogen (secondary N) is 1. The second-order valence-electron chi connectivity index (χ2n) is 14.6. The summed E-state index contributed by atoms with van der Waals surface area (Å²) in [5.41, 5.74) is 5.37. The number of phosphoric ester groups is 1. The van der Waals surface area contributed by atoms with Gasteiger partial charge in [-0.3, -0.25) is 13.8 Å². The molecule has 0 aliphatic heterocycles. The zero-order valence-electron chi connectivity index (χ0n) is 33.4. The van der Waals surface area contributed by atoms with E-state index in [-0.39, 0.29) is 25.7 Å². The van der Waals surface area contributed by atoms with Gasteiger partial charge in [0.05, 0.1) is 25.4 Å². The molecule has 0 heterocycles. The van der Waals surface area contributed by atoms with Gasteiger partial charge in [-0.05, 0) is 44.9 Å². The van der Waals surface area contributed by atoms with Gasteiger partial charge in [-0.15, -0.1) is 0 Å². The van der Waals surface area contributed by atoms with E-state index >= 15 is 0 Å². The maximum Gasteiger partial charge on any atom is 0.472 e. The molecular weight excluding hydrogens is 659 g/mol. The number of hydrogen-bond acceptors (Lipinski definition) is 6. The summed E-state index contributed by atoms with van der Waals surface area (Å²) in [5.74, 6) is -0.202. The first kappa shape index (κ1) is 50.0. The summed E-state index contributed by atoms with van der Waals surface area (Å²) in [6, 6.07) is -0.861. The highest BCUT2D eigenvalue weighted by atomic mass is 31.2. The Balaban J connectivity index is 4.24. The van der Waals surface area contributed by atoms with Crippen LogP contribution in [0.3, 0.4) is 0 Å². The molecule has 51 heavy (non-hydrogen) atoms. The number of hydrogen-bond donors (Lipinski definition) is 4. The number of phosphoric acid groups is 1. The fourth-order valence-corrected chi connectivity index (χ4v) is 7.00. The summed E-state index contributed by atoms with van der Waals surface area (Å²) >= 11 is 0. The monoisotopic (exact) mass is 743 g/mol. The minimum Gasteiger partial charge on any atom is -0.387 e. The van der Waals surface area contributed by atoms with E-state index in [4.69, 9.17) is 14.8 Å². The van der Waals surface area contributed by atoms with Crippen molar-refractivity contribution in [2.75, 3.05) is 19.8 Å². The van der Waals surface area contributed by atoms with Crippen molar-refractivity contribution in [2.24, 2.45) is 5.73 Å². The van der Waals surface area contributed by atoms with E-state index in [9.17, 15) is 19.4 Å². The standard InChI is InChI=1S/C42H83N2O6P/c1-3-5-7-9-11-13-15-17-19-21-23-25-27-29-31-33-35-41(45)40(39-50-51(47,48)49-38-37-43)44-42(46)36-34-32-30-28-26-24-22-20-18-16-14-12-10-8-6-4-2/h20,22,33,35,40-41,45H,3-19,21,23-32,34,36-39,43H2,1-2H3,(H,44,46)(H,47,48)/b22-20-,35-33+. The molecule has 3 atom stereocenters. The Morgan fingerprint density at radius 1 is 0.627 bits per heavy atom. The van der Waals surface area contributed by atoms with Gasteiger partial charge < -0.3 is 21.1 Å². The molecule has 0 aromatic carbocycles. The number of carbonyl (C=O) groups is 1. The molecule has 0 saturated heterocycles. The Labute approximate surface area is 315 Å². The molecule has 0 rings (SSSR count). The Bertz CT molecular complexity index is 855. The normalized spacial score (nSPS) is 14.4. The summed E-state index contributed by atoms with van der Waals surface area (Å²) < 4.78 is 22.1. The molecule has 1 amide bonds. The van der Waals surface area contributed by atoms with Crippen molar-refractivity contribution < 1.29 is 28.4 Å². The highest BCUT2D eigenvalue weighted by Crippen LogP contribution is 2.43. The van der Waals surface area contributed by atoms with Crippen LogP contribution in [0.4, 0.5) is 0 Å². The molecule has 0 aromatic rings. The molecule has 0 aliphatic carbocycles. The van der Waals surface area contributed by atoms with Crippen molar-refractivity contribution in [2.45, 2.75) is 219 Å². The number of rotatable bonds is 40. The van der Waals surface area contributed by atoms with Crippen LogP contribution >= 0.6 is 7.82 Å². The maximum absolute atomic E-state index is 12.7. The maximum atomic E-state index is 12.7. The lowest BCUT2D eigenvalue weighted by atomic mass is 10.0. The zero-order valence-corrected chi connectivity index (χ0v) is 34.2. The summed E-state index contributed by atoms with van der Waals surface area (Å²) in [6.45, 7) is 4.13. The molecule has 0 aromatic heterocycles. The lowest BCUT2D eigenvalue weighted by Crippen LogP contribution is -2.45. The number of aliphatic hydroxyl groups is 1. The number of nitrogens with two attached hydrogens (primary N) is 1. The molecule has 5 N–H and O–H groups in total.